The highest BCUT2D eigenvalue weighted by Crippen LogP contribution is 2.27. The van der Waals surface area contributed by atoms with Crippen LogP contribution in [0.4, 0.5) is 13.2 Å². The third-order valence-electron chi connectivity index (χ3n) is 3.71. The van der Waals surface area contributed by atoms with Crippen LogP contribution in [0.25, 0.3) is 0 Å². The fourth-order valence-electron chi connectivity index (χ4n) is 2.16. The van der Waals surface area contributed by atoms with Gasteiger partial charge in [-0.05, 0) is 44.5 Å². The van der Waals surface area contributed by atoms with Gasteiger partial charge in [0.25, 0.3) is 0 Å². The SMILES string of the molecule is CCCCCCOc1ccc(OC(C)(C)CCOS(=O)(=O)C(F)(F)F)cc1. The van der Waals surface area contributed by atoms with Gasteiger partial charge in [-0.2, -0.15) is 21.6 Å². The molecule has 0 radical (unpaired) electrons. The molecule has 5 nitrogen and oxygen atoms in total. The van der Waals surface area contributed by atoms with Crippen molar-refractivity contribution >= 4 is 10.1 Å². The lowest BCUT2D eigenvalue weighted by Crippen LogP contribution is -2.32. The third-order valence-corrected chi connectivity index (χ3v) is 4.75. The number of ether oxygens (including phenoxy) is 2. The first-order valence-corrected chi connectivity index (χ1v) is 10.3. The van der Waals surface area contributed by atoms with Crippen LogP contribution in [0.2, 0.25) is 0 Å². The first-order chi connectivity index (χ1) is 12.5. The van der Waals surface area contributed by atoms with Crippen molar-refractivity contribution in [1.82, 2.24) is 0 Å². The van der Waals surface area contributed by atoms with Gasteiger partial charge in [0.1, 0.15) is 17.1 Å². The first kappa shape index (κ1) is 23.6. The number of benzene rings is 1. The zero-order chi connectivity index (χ0) is 20.6. The molecule has 0 atom stereocenters. The first-order valence-electron chi connectivity index (χ1n) is 8.84. The Balaban J connectivity index is 2.45. The lowest BCUT2D eigenvalue weighted by Gasteiger charge is -2.26. The maximum absolute atomic E-state index is 12.2. The van der Waals surface area contributed by atoms with E-state index in [-0.39, 0.29) is 6.42 Å². The van der Waals surface area contributed by atoms with E-state index in [1.165, 1.54) is 6.42 Å². The van der Waals surface area contributed by atoms with Gasteiger partial charge in [-0.15, -0.1) is 0 Å². The average Bonchev–Trinajstić information content (AvgIpc) is 2.54. The van der Waals surface area contributed by atoms with E-state index in [1.54, 1.807) is 38.1 Å². The molecule has 0 N–H and O–H groups in total. The van der Waals surface area contributed by atoms with E-state index < -0.39 is 27.8 Å². The van der Waals surface area contributed by atoms with Crippen molar-refractivity contribution < 1.29 is 35.2 Å². The van der Waals surface area contributed by atoms with Gasteiger partial charge in [0.05, 0.1) is 13.2 Å². The summed E-state index contributed by atoms with van der Waals surface area (Å²) in [5, 5.41) is 0. The van der Waals surface area contributed by atoms with Crippen LogP contribution in [0.15, 0.2) is 24.3 Å². The Kier molecular flexibility index (Phi) is 8.87. The van der Waals surface area contributed by atoms with Crippen LogP contribution in [0.5, 0.6) is 11.5 Å². The fraction of sp³-hybridized carbons (Fsp3) is 0.667. The molecular formula is C18H27F3O5S. The maximum Gasteiger partial charge on any atom is 0.523 e. The zero-order valence-electron chi connectivity index (χ0n) is 15.8. The summed E-state index contributed by atoms with van der Waals surface area (Å²) >= 11 is 0. The molecule has 1 aromatic rings. The fourth-order valence-corrected chi connectivity index (χ4v) is 2.59. The van der Waals surface area contributed by atoms with Gasteiger partial charge in [-0.25, -0.2) is 0 Å². The molecule has 1 aromatic carbocycles. The molecule has 0 aliphatic rings. The topological polar surface area (TPSA) is 61.8 Å². The lowest BCUT2D eigenvalue weighted by molar-refractivity contribution is -0.0553. The second kappa shape index (κ2) is 10.2. The summed E-state index contributed by atoms with van der Waals surface area (Å²) in [4.78, 5) is 0. The largest absolute Gasteiger partial charge is 0.523 e. The van der Waals surface area contributed by atoms with Crippen molar-refractivity contribution in [3.63, 3.8) is 0 Å². The third kappa shape index (κ3) is 8.83. The standard InChI is InChI=1S/C18H27F3O5S/c1-4-5-6-7-13-24-15-8-10-16(11-9-15)26-17(2,3)12-14-25-27(22,23)18(19,20)21/h8-11H,4-7,12-14H2,1-3H3. The Morgan fingerprint density at radius 3 is 2.07 bits per heavy atom. The van der Waals surface area contributed by atoms with Crippen LogP contribution >= 0.6 is 0 Å². The van der Waals surface area contributed by atoms with Gasteiger partial charge in [-0.1, -0.05) is 26.2 Å². The average molecular weight is 412 g/mol. The molecule has 0 heterocycles. The molecule has 0 aliphatic heterocycles. The summed E-state index contributed by atoms with van der Waals surface area (Å²) in [6.07, 6.45) is 4.41. The van der Waals surface area contributed by atoms with Gasteiger partial charge in [0.15, 0.2) is 0 Å². The molecule has 9 heteroatoms. The highest BCUT2D eigenvalue weighted by Gasteiger charge is 2.47. The summed E-state index contributed by atoms with van der Waals surface area (Å²) in [5.74, 6) is 1.20. The number of hydrogen-bond donors (Lipinski definition) is 0. The molecule has 0 aliphatic carbocycles. The molecule has 1 rings (SSSR count). The minimum atomic E-state index is -5.59. The Hall–Kier alpha value is -1.48. The van der Waals surface area contributed by atoms with Crippen LogP contribution in [-0.2, 0) is 14.3 Å². The second-order valence-corrected chi connectivity index (χ2v) is 8.32. The minimum Gasteiger partial charge on any atom is -0.494 e. The smallest absolute Gasteiger partial charge is 0.494 e. The van der Waals surface area contributed by atoms with Crippen molar-refractivity contribution in [2.24, 2.45) is 0 Å². The normalized spacial score (nSPS) is 12.8. The van der Waals surface area contributed by atoms with Gasteiger partial charge in [-0.3, -0.25) is 4.18 Å². The summed E-state index contributed by atoms with van der Waals surface area (Å²) in [5.41, 5.74) is -6.34. The highest BCUT2D eigenvalue weighted by molar-refractivity contribution is 7.87. The highest BCUT2D eigenvalue weighted by atomic mass is 32.2. The van der Waals surface area contributed by atoms with E-state index in [0.717, 1.165) is 19.3 Å². The maximum atomic E-state index is 12.2. The van der Waals surface area contributed by atoms with Crippen LogP contribution < -0.4 is 9.47 Å². The molecule has 0 spiro atoms. The molecule has 0 bridgehead atoms. The van der Waals surface area contributed by atoms with Crippen LogP contribution in [-0.4, -0.2) is 32.7 Å². The van der Waals surface area contributed by atoms with Crippen molar-refractivity contribution in [1.29, 1.82) is 0 Å². The van der Waals surface area contributed by atoms with Gasteiger partial charge < -0.3 is 9.47 Å². The Labute approximate surface area is 158 Å². The van der Waals surface area contributed by atoms with E-state index in [0.29, 0.717) is 18.1 Å². The number of rotatable bonds is 12. The number of unbranched alkanes of at least 4 members (excludes halogenated alkanes) is 3. The van der Waals surface area contributed by atoms with E-state index in [9.17, 15) is 21.6 Å². The van der Waals surface area contributed by atoms with Crippen molar-refractivity contribution in [3.8, 4) is 11.5 Å². The molecule has 0 unspecified atom stereocenters. The van der Waals surface area contributed by atoms with E-state index in [2.05, 4.69) is 11.1 Å². The zero-order valence-corrected chi connectivity index (χ0v) is 16.7. The van der Waals surface area contributed by atoms with Crippen molar-refractivity contribution in [2.75, 3.05) is 13.2 Å². The van der Waals surface area contributed by atoms with Gasteiger partial charge >= 0.3 is 15.6 Å². The van der Waals surface area contributed by atoms with E-state index in [1.807, 2.05) is 0 Å². The molecule has 0 saturated carbocycles. The minimum absolute atomic E-state index is 0.0437. The summed E-state index contributed by atoms with van der Waals surface area (Å²) < 4.78 is 73.8. The van der Waals surface area contributed by atoms with Crippen LogP contribution in [0.3, 0.4) is 0 Å². The predicted octanol–water partition coefficient (Wildman–Crippen LogP) is 5.06. The number of halogens is 3. The molecule has 27 heavy (non-hydrogen) atoms. The molecule has 0 amide bonds. The molecule has 156 valence electrons. The second-order valence-electron chi connectivity index (χ2n) is 6.71. The Morgan fingerprint density at radius 1 is 0.926 bits per heavy atom. The predicted molar refractivity (Wildman–Crippen MR) is 96.3 cm³/mol. The summed E-state index contributed by atoms with van der Waals surface area (Å²) in [7, 11) is -5.59. The quantitative estimate of drug-likeness (QED) is 0.273. The molecule has 0 fully saturated rings. The lowest BCUT2D eigenvalue weighted by atomic mass is 10.1. The summed E-state index contributed by atoms with van der Waals surface area (Å²) in [6.45, 7) is 5.41. The van der Waals surface area contributed by atoms with Crippen molar-refractivity contribution in [2.45, 2.75) is 64.0 Å². The monoisotopic (exact) mass is 412 g/mol. The Bertz CT molecular complexity index is 655. The number of hydrogen-bond acceptors (Lipinski definition) is 5. The van der Waals surface area contributed by atoms with Gasteiger partial charge in [0.2, 0.25) is 0 Å². The van der Waals surface area contributed by atoms with E-state index >= 15 is 0 Å². The van der Waals surface area contributed by atoms with Crippen molar-refractivity contribution in [3.05, 3.63) is 24.3 Å². The molecule has 0 saturated heterocycles. The number of alkyl halides is 3. The molecular weight excluding hydrogens is 385 g/mol. The summed E-state index contributed by atoms with van der Waals surface area (Å²) in [6, 6.07) is 6.87. The molecule has 0 aromatic heterocycles. The Morgan fingerprint density at radius 2 is 1.52 bits per heavy atom. The van der Waals surface area contributed by atoms with Crippen LogP contribution in [0, 0.1) is 0 Å². The van der Waals surface area contributed by atoms with Crippen LogP contribution in [0.1, 0.15) is 52.9 Å². The van der Waals surface area contributed by atoms with E-state index in [4.69, 9.17) is 9.47 Å². The van der Waals surface area contributed by atoms with Gasteiger partial charge in [0, 0.05) is 6.42 Å².